The number of pyridine rings is 1. The molecule has 279 valence electrons. The minimum absolute atomic E-state index is 0. The van der Waals surface area contributed by atoms with Gasteiger partial charge in [0.25, 0.3) is 0 Å². The quantitative estimate of drug-likeness (QED) is 0.101. The summed E-state index contributed by atoms with van der Waals surface area (Å²) in [5, 5.41) is 9.79. The Morgan fingerprint density at radius 3 is 1.33 bits per heavy atom. The molecule has 2 nitrogen and oxygen atoms in total. The fourth-order valence-corrected chi connectivity index (χ4v) is 4.73. The molecule has 1 heterocycles. The van der Waals surface area contributed by atoms with E-state index in [-0.39, 0.29) is 37.0 Å². The zero-order chi connectivity index (χ0) is 39.0. The van der Waals surface area contributed by atoms with Crippen molar-refractivity contribution in [1.82, 2.24) is 4.98 Å². The van der Waals surface area contributed by atoms with Crippen molar-refractivity contribution in [1.29, 1.82) is 0 Å². The van der Waals surface area contributed by atoms with E-state index in [2.05, 4.69) is 199 Å². The third kappa shape index (κ3) is 18.8. The molecule has 0 aliphatic heterocycles. The Morgan fingerprint density at radius 2 is 0.942 bits per heavy atom. The first-order chi connectivity index (χ1) is 23.1. The van der Waals surface area contributed by atoms with Crippen molar-refractivity contribution in [2.24, 2.45) is 0 Å². The molecule has 0 atom stereocenters. The van der Waals surface area contributed by atoms with Crippen LogP contribution < -0.4 is 0 Å². The second-order valence-electron chi connectivity index (χ2n) is 19.5. The molecular formula is C46H68N2Si3Zr-. The number of hydrogen-bond acceptors (Lipinski definition) is 1. The van der Waals surface area contributed by atoms with Crippen LogP contribution in [-0.2, 0) is 43.6 Å². The molecule has 0 N–H and O–H groups in total. The average Bonchev–Trinajstić information content (AvgIpc) is 2.95. The second kappa shape index (κ2) is 19.5. The smallest absolute Gasteiger partial charge is 0.461 e. The third-order valence-corrected chi connectivity index (χ3v) is 6.95. The molecule has 0 amide bonds. The summed E-state index contributed by atoms with van der Waals surface area (Å²) in [5.41, 5.74) is 6.13. The molecule has 5 aromatic rings. The zero-order valence-electron chi connectivity index (χ0n) is 35.4. The third-order valence-electron chi connectivity index (χ3n) is 6.95. The molecule has 52 heavy (non-hydrogen) atoms. The molecular weight excluding hydrogens is 756 g/mol. The van der Waals surface area contributed by atoms with Crippen LogP contribution in [0, 0.1) is 19.6 Å². The molecule has 0 aliphatic carbocycles. The minimum atomic E-state index is -0.861. The van der Waals surface area contributed by atoms with E-state index < -0.39 is 24.2 Å². The molecule has 0 spiro atoms. The molecule has 0 fully saturated rings. The van der Waals surface area contributed by atoms with Gasteiger partial charge in [-0.25, -0.2) is 0 Å². The zero-order valence-corrected chi connectivity index (χ0v) is 40.8. The van der Waals surface area contributed by atoms with E-state index in [9.17, 15) is 0 Å². The van der Waals surface area contributed by atoms with Gasteiger partial charge < -0.3 is 29.9 Å². The number of aromatic nitrogens is 1. The monoisotopic (exact) mass is 822 g/mol. The van der Waals surface area contributed by atoms with Crippen molar-refractivity contribution in [3.05, 3.63) is 133 Å². The van der Waals surface area contributed by atoms with E-state index in [1.807, 2.05) is 12.1 Å². The summed E-state index contributed by atoms with van der Waals surface area (Å²) < 4.78 is 0. The van der Waals surface area contributed by atoms with E-state index in [1.54, 1.807) is 0 Å². The number of benzene rings is 4. The molecule has 6 heteroatoms. The van der Waals surface area contributed by atoms with Crippen LogP contribution in [0.2, 0.25) is 58.9 Å². The summed E-state index contributed by atoms with van der Waals surface area (Å²) in [4.78, 5) is 5.08. The van der Waals surface area contributed by atoms with Crippen LogP contribution in [0.25, 0.3) is 38.1 Å². The topological polar surface area (TPSA) is 27.0 Å². The fourth-order valence-electron chi connectivity index (χ4n) is 4.73. The molecule has 0 unspecified atom stereocenters. The normalized spacial score (nSPS) is 12.0. The Hall–Kier alpha value is -2.12. The first kappa shape index (κ1) is 47.9. The minimum Gasteiger partial charge on any atom is -0.461 e. The van der Waals surface area contributed by atoms with Crippen molar-refractivity contribution in [3.8, 4) is 11.3 Å². The van der Waals surface area contributed by atoms with Gasteiger partial charge in [0.15, 0.2) is 0 Å². The average molecular weight is 825 g/mol. The Balaban J connectivity index is 0.000000716. The molecule has 0 saturated heterocycles. The fraction of sp³-hybridized carbons (Fsp3) is 0.391. The van der Waals surface area contributed by atoms with Gasteiger partial charge in [-0.1, -0.05) is 179 Å². The molecule has 1 aromatic heterocycles. The molecule has 0 bridgehead atoms. The Morgan fingerprint density at radius 1 is 0.538 bits per heavy atom. The predicted octanol–water partition coefficient (Wildman–Crippen LogP) is 14.9. The molecule has 5 rings (SSSR count). The number of rotatable bonds is 4. The van der Waals surface area contributed by atoms with Crippen molar-refractivity contribution in [2.75, 3.05) is 0 Å². The van der Waals surface area contributed by atoms with Gasteiger partial charge in [0.2, 0.25) is 0 Å². The second-order valence-corrected chi connectivity index (χ2v) is 34.9. The largest absolute Gasteiger partial charge is 3.00 e. The predicted molar refractivity (Wildman–Crippen MR) is 241 cm³/mol. The van der Waals surface area contributed by atoms with Crippen LogP contribution in [0.15, 0.2) is 91.0 Å². The maximum Gasteiger partial charge on any atom is 3.00 e. The van der Waals surface area contributed by atoms with Gasteiger partial charge in [0.1, 0.15) is 0 Å². The van der Waals surface area contributed by atoms with Crippen LogP contribution >= 0.6 is 0 Å². The van der Waals surface area contributed by atoms with E-state index in [0.29, 0.717) is 6.54 Å². The summed E-state index contributed by atoms with van der Waals surface area (Å²) in [6, 6.07) is 32.7. The summed E-state index contributed by atoms with van der Waals surface area (Å²) in [7, 11) is -2.58. The van der Waals surface area contributed by atoms with Crippen LogP contribution in [-0.4, -0.2) is 29.2 Å². The number of nitrogens with zero attached hydrogens (tertiary/aromatic N) is 2. The van der Waals surface area contributed by atoms with Crippen LogP contribution in [0.4, 0.5) is 5.82 Å². The van der Waals surface area contributed by atoms with E-state index in [1.165, 1.54) is 43.8 Å². The van der Waals surface area contributed by atoms with Gasteiger partial charge in [-0.3, -0.25) is 0 Å². The summed E-state index contributed by atoms with van der Waals surface area (Å²) in [6.07, 6.45) is 0. The van der Waals surface area contributed by atoms with Gasteiger partial charge in [0.05, 0.1) is 0 Å². The Bertz CT molecular complexity index is 1710. The Kier molecular flexibility index (Phi) is 17.9. The SMILES string of the molecule is CC(C)(C)c1ccc2cc3ccc(C(C)(C)C)cc3c(-c3cccc([N-]Cc4ccccc4)n3)c2c1.[CH2-][Si](C)(C)C.[CH2-][Si](C)(C)C.[CH2-][Si](C)(C)C.[Zr+3]. The summed E-state index contributed by atoms with van der Waals surface area (Å²) in [5.74, 6) is 0.764. The van der Waals surface area contributed by atoms with Gasteiger partial charge >= 0.3 is 26.2 Å². The first-order valence-electron chi connectivity index (χ1n) is 18.4. The van der Waals surface area contributed by atoms with Crippen LogP contribution in [0.1, 0.15) is 58.2 Å². The van der Waals surface area contributed by atoms with Gasteiger partial charge in [0, 0.05) is 0 Å². The van der Waals surface area contributed by atoms with E-state index in [4.69, 9.17) is 10.3 Å². The number of hydrogen-bond donors (Lipinski definition) is 0. The van der Waals surface area contributed by atoms with Crippen molar-refractivity contribution in [3.63, 3.8) is 0 Å². The van der Waals surface area contributed by atoms with Crippen molar-refractivity contribution >= 4 is 51.6 Å². The summed E-state index contributed by atoms with van der Waals surface area (Å²) in [6.45, 7) is 45.9. The number of fused-ring (bicyclic) bond motifs is 2. The van der Waals surface area contributed by atoms with Crippen molar-refractivity contribution < 1.29 is 26.2 Å². The molecule has 0 aliphatic rings. The van der Waals surface area contributed by atoms with E-state index >= 15 is 0 Å². The van der Waals surface area contributed by atoms with Crippen LogP contribution in [0.5, 0.6) is 0 Å². The van der Waals surface area contributed by atoms with Gasteiger partial charge in [-0.05, 0) is 85.1 Å². The Labute approximate surface area is 342 Å². The maximum absolute atomic E-state index is 5.08. The first-order valence-corrected chi connectivity index (χ1v) is 29.5. The van der Waals surface area contributed by atoms with Gasteiger partial charge in [-0.15, -0.1) is 24.2 Å². The molecule has 1 radical (unpaired) electrons. The van der Waals surface area contributed by atoms with Crippen LogP contribution in [0.3, 0.4) is 0 Å². The molecule has 0 saturated carbocycles. The van der Waals surface area contributed by atoms with E-state index in [0.717, 1.165) is 11.5 Å². The summed E-state index contributed by atoms with van der Waals surface area (Å²) >= 11 is 0. The maximum atomic E-state index is 5.08. The van der Waals surface area contributed by atoms with Crippen molar-refractivity contribution in [2.45, 2.75) is 118 Å². The van der Waals surface area contributed by atoms with Gasteiger partial charge in [-0.2, -0.15) is 0 Å². The standard InChI is InChI=1S/C34H35N2.3C4H11Si.Zr/c1-33(2,3)26-17-15-24-19-25-16-18-27(34(4,5)6)21-29(25)32(28(24)20-26)30-13-10-14-31(36-30)35-22-23-11-8-7-9-12-23;3*1-5(2,3)4;/h7-21H,22H2,1-6H3;3*1H2,2-4H3;/q4*-1;+3. The molecule has 4 aromatic carbocycles.